The van der Waals surface area contributed by atoms with Gasteiger partial charge in [-0.25, -0.2) is 0 Å². The summed E-state index contributed by atoms with van der Waals surface area (Å²) in [6, 6.07) is -0.229. The minimum absolute atomic E-state index is 0.219. The second-order valence-corrected chi connectivity index (χ2v) is 4.92. The zero-order chi connectivity index (χ0) is 10.5. The Morgan fingerprint density at radius 1 is 1.38 bits per heavy atom. The van der Waals surface area contributed by atoms with Gasteiger partial charge in [-0.3, -0.25) is 4.79 Å². The van der Waals surface area contributed by atoms with Crippen molar-refractivity contribution in [3.63, 3.8) is 0 Å². The van der Waals surface area contributed by atoms with Gasteiger partial charge in [0.15, 0.2) is 0 Å². The molecule has 0 aliphatic rings. The van der Waals surface area contributed by atoms with Crippen LogP contribution in [-0.2, 0) is 4.79 Å². The molecule has 0 saturated heterocycles. The van der Waals surface area contributed by atoms with Crippen LogP contribution >= 0.6 is 0 Å². The van der Waals surface area contributed by atoms with E-state index in [-0.39, 0.29) is 17.2 Å². The van der Waals surface area contributed by atoms with E-state index in [9.17, 15) is 4.79 Å². The molecule has 0 fully saturated rings. The molecule has 2 nitrogen and oxygen atoms in total. The third-order valence-corrected chi connectivity index (χ3v) is 2.13. The van der Waals surface area contributed by atoms with Gasteiger partial charge in [0.2, 0.25) is 0 Å². The van der Waals surface area contributed by atoms with Crippen molar-refractivity contribution in [3.8, 4) is 0 Å². The molecule has 0 radical (unpaired) electrons. The summed E-state index contributed by atoms with van der Waals surface area (Å²) in [7, 11) is 0. The highest BCUT2D eigenvalue weighted by molar-refractivity contribution is 5.83. The maximum atomic E-state index is 11.5. The van der Waals surface area contributed by atoms with Crippen molar-refractivity contribution in [2.75, 3.05) is 0 Å². The standard InChI is InChI=1S/C11H23NO/c1-5-6-9(12)10(13)7-8-11(2,3)4/h9H,5-8,12H2,1-4H3. The third-order valence-electron chi connectivity index (χ3n) is 2.13. The number of hydrogen-bond acceptors (Lipinski definition) is 2. The summed E-state index contributed by atoms with van der Waals surface area (Å²) in [4.78, 5) is 11.5. The van der Waals surface area contributed by atoms with Crippen LogP contribution in [0.1, 0.15) is 53.4 Å². The largest absolute Gasteiger partial charge is 0.322 e. The maximum absolute atomic E-state index is 11.5. The molecule has 0 spiro atoms. The first-order valence-electron chi connectivity index (χ1n) is 5.15. The molecule has 0 aromatic carbocycles. The fraction of sp³-hybridized carbons (Fsp3) is 0.909. The van der Waals surface area contributed by atoms with Crippen LogP contribution in [0.3, 0.4) is 0 Å². The topological polar surface area (TPSA) is 43.1 Å². The van der Waals surface area contributed by atoms with Crippen molar-refractivity contribution >= 4 is 5.78 Å². The van der Waals surface area contributed by atoms with E-state index in [2.05, 4.69) is 27.7 Å². The van der Waals surface area contributed by atoms with E-state index in [1.165, 1.54) is 0 Å². The quantitative estimate of drug-likeness (QED) is 0.715. The molecule has 0 bridgehead atoms. The maximum Gasteiger partial charge on any atom is 0.149 e. The molecule has 0 aliphatic heterocycles. The lowest BCUT2D eigenvalue weighted by Gasteiger charge is -2.18. The zero-order valence-electron chi connectivity index (χ0n) is 9.39. The van der Waals surface area contributed by atoms with Crippen molar-refractivity contribution < 1.29 is 4.79 Å². The Balaban J connectivity index is 3.74. The summed E-state index contributed by atoms with van der Waals surface area (Å²) in [5.41, 5.74) is 5.95. The first-order valence-corrected chi connectivity index (χ1v) is 5.15. The molecule has 2 heteroatoms. The van der Waals surface area contributed by atoms with Gasteiger partial charge in [-0.1, -0.05) is 34.1 Å². The first-order chi connectivity index (χ1) is 5.87. The van der Waals surface area contributed by atoms with Crippen LogP contribution in [0.15, 0.2) is 0 Å². The van der Waals surface area contributed by atoms with Gasteiger partial charge >= 0.3 is 0 Å². The number of ketones is 1. The molecule has 13 heavy (non-hydrogen) atoms. The summed E-state index contributed by atoms with van der Waals surface area (Å²) in [6.45, 7) is 8.49. The van der Waals surface area contributed by atoms with Crippen LogP contribution in [0.4, 0.5) is 0 Å². The van der Waals surface area contributed by atoms with Crippen LogP contribution in [-0.4, -0.2) is 11.8 Å². The summed E-state index contributed by atoms with van der Waals surface area (Å²) in [5.74, 6) is 0.219. The van der Waals surface area contributed by atoms with Gasteiger partial charge in [0, 0.05) is 6.42 Å². The summed E-state index contributed by atoms with van der Waals surface area (Å²) in [5, 5.41) is 0. The number of hydrogen-bond donors (Lipinski definition) is 1. The van der Waals surface area contributed by atoms with Crippen molar-refractivity contribution in [1.82, 2.24) is 0 Å². The van der Waals surface area contributed by atoms with Crippen molar-refractivity contribution in [2.24, 2.45) is 11.1 Å². The van der Waals surface area contributed by atoms with Crippen LogP contribution in [0.2, 0.25) is 0 Å². The Bertz CT molecular complexity index is 158. The fourth-order valence-electron chi connectivity index (χ4n) is 1.16. The van der Waals surface area contributed by atoms with Crippen molar-refractivity contribution in [1.29, 1.82) is 0 Å². The predicted molar refractivity (Wildman–Crippen MR) is 56.6 cm³/mol. The summed E-state index contributed by atoms with van der Waals surface area (Å²) < 4.78 is 0. The predicted octanol–water partition coefficient (Wildman–Crippen LogP) is 2.51. The van der Waals surface area contributed by atoms with E-state index < -0.39 is 0 Å². The van der Waals surface area contributed by atoms with E-state index in [0.717, 1.165) is 19.3 Å². The molecule has 0 aliphatic carbocycles. The minimum Gasteiger partial charge on any atom is -0.322 e. The van der Waals surface area contributed by atoms with Gasteiger partial charge in [0.1, 0.15) is 5.78 Å². The van der Waals surface area contributed by atoms with Gasteiger partial charge in [0.05, 0.1) is 6.04 Å². The number of rotatable bonds is 5. The second kappa shape index (κ2) is 5.38. The zero-order valence-corrected chi connectivity index (χ0v) is 9.39. The van der Waals surface area contributed by atoms with E-state index in [1.807, 2.05) is 0 Å². The molecule has 0 rings (SSSR count). The monoisotopic (exact) mass is 185 g/mol. The highest BCUT2D eigenvalue weighted by Crippen LogP contribution is 2.21. The molecule has 0 aromatic heterocycles. The first kappa shape index (κ1) is 12.6. The lowest BCUT2D eigenvalue weighted by Crippen LogP contribution is -2.30. The smallest absolute Gasteiger partial charge is 0.149 e. The number of Topliss-reactive ketones (excluding diaryl/α,β-unsaturated/α-hetero) is 1. The minimum atomic E-state index is -0.229. The molecule has 0 saturated carbocycles. The Morgan fingerprint density at radius 2 is 1.92 bits per heavy atom. The van der Waals surface area contributed by atoms with E-state index in [0.29, 0.717) is 6.42 Å². The van der Waals surface area contributed by atoms with E-state index in [4.69, 9.17) is 5.73 Å². The molecule has 0 aromatic rings. The average Bonchev–Trinajstić information content (AvgIpc) is 1.99. The summed E-state index contributed by atoms with van der Waals surface area (Å²) in [6.07, 6.45) is 3.37. The lowest BCUT2D eigenvalue weighted by atomic mass is 9.88. The van der Waals surface area contributed by atoms with Gasteiger partial charge in [0.25, 0.3) is 0 Å². The fourth-order valence-corrected chi connectivity index (χ4v) is 1.16. The molecule has 0 amide bonds. The number of nitrogens with two attached hydrogens (primary N) is 1. The van der Waals surface area contributed by atoms with Gasteiger partial charge < -0.3 is 5.73 Å². The van der Waals surface area contributed by atoms with Crippen molar-refractivity contribution in [2.45, 2.75) is 59.4 Å². The SMILES string of the molecule is CCCC(N)C(=O)CCC(C)(C)C. The second-order valence-electron chi connectivity index (χ2n) is 4.92. The van der Waals surface area contributed by atoms with Crippen molar-refractivity contribution in [3.05, 3.63) is 0 Å². The number of carbonyl (C=O) groups is 1. The van der Waals surface area contributed by atoms with Gasteiger partial charge in [-0.05, 0) is 18.3 Å². The van der Waals surface area contributed by atoms with E-state index >= 15 is 0 Å². The van der Waals surface area contributed by atoms with Gasteiger partial charge in [-0.15, -0.1) is 0 Å². The number of carbonyl (C=O) groups excluding carboxylic acids is 1. The molecule has 0 heterocycles. The average molecular weight is 185 g/mol. The molecule has 1 unspecified atom stereocenters. The third kappa shape index (κ3) is 6.76. The normalized spacial score (nSPS) is 14.2. The van der Waals surface area contributed by atoms with E-state index in [1.54, 1.807) is 0 Å². The Kier molecular flexibility index (Phi) is 5.23. The lowest BCUT2D eigenvalue weighted by molar-refractivity contribution is -0.120. The van der Waals surface area contributed by atoms with Crippen LogP contribution in [0, 0.1) is 5.41 Å². The summed E-state index contributed by atoms with van der Waals surface area (Å²) >= 11 is 0. The Labute approximate surface area is 81.9 Å². The molecule has 78 valence electrons. The van der Waals surface area contributed by atoms with Crippen LogP contribution < -0.4 is 5.73 Å². The van der Waals surface area contributed by atoms with Crippen LogP contribution in [0.25, 0.3) is 0 Å². The molecule has 1 atom stereocenters. The molecule has 2 N–H and O–H groups in total. The van der Waals surface area contributed by atoms with Crippen LogP contribution in [0.5, 0.6) is 0 Å². The molecular formula is C11H23NO. The van der Waals surface area contributed by atoms with Gasteiger partial charge in [-0.2, -0.15) is 0 Å². The Morgan fingerprint density at radius 3 is 2.31 bits per heavy atom. The Hall–Kier alpha value is -0.370. The molecular weight excluding hydrogens is 162 g/mol. The highest BCUT2D eigenvalue weighted by atomic mass is 16.1. The highest BCUT2D eigenvalue weighted by Gasteiger charge is 2.16.